The van der Waals surface area contributed by atoms with Crippen LogP contribution in [0.4, 0.5) is 14.5 Å². The van der Waals surface area contributed by atoms with Gasteiger partial charge in [-0.3, -0.25) is 4.72 Å². The van der Waals surface area contributed by atoms with Gasteiger partial charge in [0.25, 0.3) is 10.0 Å². The molecular formula is C10H14F2N2O2S. The molecule has 1 rings (SSSR count). The highest BCUT2D eigenvalue weighted by atomic mass is 32.2. The van der Waals surface area contributed by atoms with E-state index < -0.39 is 15.8 Å². The maximum Gasteiger partial charge on any atom is 0.355 e. The predicted octanol–water partition coefficient (Wildman–Crippen LogP) is 1.76. The van der Waals surface area contributed by atoms with Crippen LogP contribution in [0.5, 0.6) is 0 Å². The molecule has 0 amide bonds. The van der Waals surface area contributed by atoms with E-state index in [2.05, 4.69) is 5.32 Å². The quantitative estimate of drug-likeness (QED) is 0.823. The molecule has 0 aliphatic heterocycles. The first kappa shape index (κ1) is 13.9. The highest BCUT2D eigenvalue weighted by Crippen LogP contribution is 2.18. The molecule has 0 bridgehead atoms. The normalized spacial score (nSPS) is 11.8. The number of alkyl halides is 2. The Kier molecular flexibility index (Phi) is 4.83. The van der Waals surface area contributed by atoms with Crippen molar-refractivity contribution in [3.63, 3.8) is 0 Å². The lowest BCUT2D eigenvalue weighted by atomic mass is 10.2. The summed E-state index contributed by atoms with van der Waals surface area (Å²) >= 11 is 0. The summed E-state index contributed by atoms with van der Waals surface area (Å²) in [5.41, 5.74) is 0.798. The van der Waals surface area contributed by atoms with Crippen molar-refractivity contribution in [1.82, 2.24) is 5.32 Å². The van der Waals surface area contributed by atoms with Gasteiger partial charge in [0.05, 0.1) is 5.69 Å². The zero-order valence-electron chi connectivity index (χ0n) is 9.28. The maximum absolute atomic E-state index is 12.2. The number of benzene rings is 1. The van der Waals surface area contributed by atoms with Crippen LogP contribution in [0.2, 0.25) is 0 Å². The lowest BCUT2D eigenvalue weighted by Crippen LogP contribution is -2.22. The molecule has 96 valence electrons. The van der Waals surface area contributed by atoms with E-state index in [4.69, 9.17) is 0 Å². The average molecular weight is 264 g/mol. The first-order valence-electron chi connectivity index (χ1n) is 5.05. The van der Waals surface area contributed by atoms with Gasteiger partial charge in [0, 0.05) is 6.54 Å². The third-order valence-electron chi connectivity index (χ3n) is 2.07. The number of para-hydroxylation sites is 1. The van der Waals surface area contributed by atoms with Crippen molar-refractivity contribution < 1.29 is 17.2 Å². The molecule has 1 aromatic rings. The maximum atomic E-state index is 12.2. The van der Waals surface area contributed by atoms with Gasteiger partial charge in [-0.15, -0.1) is 0 Å². The van der Waals surface area contributed by atoms with Crippen molar-refractivity contribution in [3.8, 4) is 0 Å². The summed E-state index contributed by atoms with van der Waals surface area (Å²) in [7, 11) is -4.61. The van der Waals surface area contributed by atoms with Gasteiger partial charge < -0.3 is 5.32 Å². The van der Waals surface area contributed by atoms with E-state index in [1.54, 1.807) is 18.2 Å². The first-order chi connectivity index (χ1) is 7.97. The Hall–Kier alpha value is -1.21. The van der Waals surface area contributed by atoms with Gasteiger partial charge >= 0.3 is 5.76 Å². The minimum absolute atomic E-state index is 0.175. The summed E-state index contributed by atoms with van der Waals surface area (Å²) in [6.45, 7) is 3.01. The van der Waals surface area contributed by atoms with Crippen molar-refractivity contribution in [2.24, 2.45) is 0 Å². The molecule has 0 aliphatic carbocycles. The topological polar surface area (TPSA) is 58.2 Å². The molecule has 0 aromatic heterocycles. The molecule has 1 aromatic carbocycles. The molecule has 17 heavy (non-hydrogen) atoms. The van der Waals surface area contributed by atoms with Crippen LogP contribution in [0.15, 0.2) is 24.3 Å². The third kappa shape index (κ3) is 3.94. The Morgan fingerprint density at radius 3 is 2.53 bits per heavy atom. The van der Waals surface area contributed by atoms with Gasteiger partial charge in [-0.05, 0) is 18.2 Å². The van der Waals surface area contributed by atoms with Crippen LogP contribution in [-0.4, -0.2) is 20.7 Å². The molecule has 0 saturated carbocycles. The molecule has 0 unspecified atom stereocenters. The second-order valence-electron chi connectivity index (χ2n) is 3.35. The van der Waals surface area contributed by atoms with Crippen LogP contribution in [0.25, 0.3) is 0 Å². The summed E-state index contributed by atoms with van der Waals surface area (Å²) in [4.78, 5) is 0. The van der Waals surface area contributed by atoms with Gasteiger partial charge in [0.2, 0.25) is 0 Å². The zero-order chi connectivity index (χ0) is 12.9. The van der Waals surface area contributed by atoms with E-state index >= 15 is 0 Å². The fraction of sp³-hybridized carbons (Fsp3) is 0.400. The highest BCUT2D eigenvalue weighted by molar-refractivity contribution is 7.93. The molecule has 4 nitrogen and oxygen atoms in total. The minimum atomic E-state index is -4.61. The molecule has 7 heteroatoms. The molecule has 2 N–H and O–H groups in total. The lowest BCUT2D eigenvalue weighted by Gasteiger charge is -2.12. The minimum Gasteiger partial charge on any atom is -0.313 e. The van der Waals surface area contributed by atoms with Crippen molar-refractivity contribution in [1.29, 1.82) is 0 Å². The van der Waals surface area contributed by atoms with Gasteiger partial charge in [0.1, 0.15) is 0 Å². The van der Waals surface area contributed by atoms with Crippen molar-refractivity contribution >= 4 is 15.7 Å². The van der Waals surface area contributed by atoms with Gasteiger partial charge in [0.15, 0.2) is 0 Å². The molecule has 0 spiro atoms. The number of halogens is 2. The van der Waals surface area contributed by atoms with Crippen LogP contribution < -0.4 is 10.0 Å². The Balaban J connectivity index is 2.91. The number of hydrogen-bond acceptors (Lipinski definition) is 3. The standard InChI is InChI=1S/C10H14F2N2O2S/c1-2-13-7-8-5-3-4-6-9(8)14-17(15,16)10(11)12/h3-6,10,13-14H,2,7H2,1H3. The molecule has 0 heterocycles. The number of rotatable bonds is 6. The van der Waals surface area contributed by atoms with Crippen LogP contribution >= 0.6 is 0 Å². The van der Waals surface area contributed by atoms with E-state index in [0.29, 0.717) is 18.7 Å². The Morgan fingerprint density at radius 1 is 1.29 bits per heavy atom. The summed E-state index contributed by atoms with van der Waals surface area (Å²) in [6.07, 6.45) is 0. The third-order valence-corrected chi connectivity index (χ3v) is 3.04. The van der Waals surface area contributed by atoms with Crippen molar-refractivity contribution in [3.05, 3.63) is 29.8 Å². The van der Waals surface area contributed by atoms with Crippen LogP contribution in [0.1, 0.15) is 12.5 Å². The highest BCUT2D eigenvalue weighted by Gasteiger charge is 2.24. The monoisotopic (exact) mass is 264 g/mol. The Labute approximate surface area is 99.1 Å². The average Bonchev–Trinajstić information content (AvgIpc) is 2.27. The second kappa shape index (κ2) is 5.92. The van der Waals surface area contributed by atoms with Crippen LogP contribution in [0.3, 0.4) is 0 Å². The van der Waals surface area contributed by atoms with E-state index in [1.165, 1.54) is 6.07 Å². The van der Waals surface area contributed by atoms with E-state index in [9.17, 15) is 17.2 Å². The molecule has 0 atom stereocenters. The van der Waals surface area contributed by atoms with Gasteiger partial charge in [-0.1, -0.05) is 25.1 Å². The second-order valence-corrected chi connectivity index (χ2v) is 5.00. The predicted molar refractivity (Wildman–Crippen MR) is 62.4 cm³/mol. The number of anilines is 1. The first-order valence-corrected chi connectivity index (χ1v) is 6.60. The van der Waals surface area contributed by atoms with Gasteiger partial charge in [-0.25, -0.2) is 8.42 Å². The van der Waals surface area contributed by atoms with Gasteiger partial charge in [-0.2, -0.15) is 8.78 Å². The van der Waals surface area contributed by atoms with Crippen molar-refractivity contribution in [2.75, 3.05) is 11.3 Å². The number of nitrogens with one attached hydrogen (secondary N) is 2. The summed E-state index contributed by atoms with van der Waals surface area (Å²) < 4.78 is 48.4. The Bertz CT molecular complexity index is 463. The van der Waals surface area contributed by atoms with E-state index in [0.717, 1.165) is 0 Å². The number of hydrogen-bond donors (Lipinski definition) is 2. The van der Waals surface area contributed by atoms with Crippen molar-refractivity contribution in [2.45, 2.75) is 19.2 Å². The molecular weight excluding hydrogens is 250 g/mol. The fourth-order valence-corrected chi connectivity index (χ4v) is 1.83. The van der Waals surface area contributed by atoms with Crippen LogP contribution in [0, 0.1) is 0 Å². The largest absolute Gasteiger partial charge is 0.355 e. The molecule has 0 saturated heterocycles. The SMILES string of the molecule is CCNCc1ccccc1NS(=O)(=O)C(F)F. The fourth-order valence-electron chi connectivity index (χ4n) is 1.23. The molecule has 0 aliphatic rings. The summed E-state index contributed by atoms with van der Waals surface area (Å²) in [6, 6.07) is 6.42. The zero-order valence-corrected chi connectivity index (χ0v) is 10.1. The van der Waals surface area contributed by atoms with E-state index in [-0.39, 0.29) is 5.69 Å². The summed E-state index contributed by atoms with van der Waals surface area (Å²) in [5, 5.41) is 3.00. The van der Waals surface area contributed by atoms with E-state index in [1.807, 2.05) is 11.6 Å². The lowest BCUT2D eigenvalue weighted by molar-refractivity contribution is 0.236. The summed E-state index contributed by atoms with van der Waals surface area (Å²) in [5.74, 6) is -3.44. The molecule has 0 fully saturated rings. The number of sulfonamides is 1. The van der Waals surface area contributed by atoms with Crippen LogP contribution in [-0.2, 0) is 16.6 Å². The molecule has 0 radical (unpaired) electrons. The Morgan fingerprint density at radius 2 is 1.94 bits per heavy atom. The smallest absolute Gasteiger partial charge is 0.313 e.